The lowest BCUT2D eigenvalue weighted by atomic mass is 10.2. The summed E-state index contributed by atoms with van der Waals surface area (Å²) in [5.74, 6) is -0.906. The molecule has 7 heteroatoms. The largest absolute Gasteiger partial charge is 0.444 e. The number of hydrogen-bond acceptors (Lipinski definition) is 3. The zero-order valence-electron chi connectivity index (χ0n) is 10.9. The van der Waals surface area contributed by atoms with Gasteiger partial charge in [-0.05, 0) is 52.3 Å². The van der Waals surface area contributed by atoms with Gasteiger partial charge < -0.3 is 15.1 Å². The van der Waals surface area contributed by atoms with E-state index in [1.54, 1.807) is 6.07 Å². The number of halogens is 2. The summed E-state index contributed by atoms with van der Waals surface area (Å²) in [5, 5.41) is 5.21. The van der Waals surface area contributed by atoms with Crippen molar-refractivity contribution in [3.63, 3.8) is 0 Å². The summed E-state index contributed by atoms with van der Waals surface area (Å²) in [6.07, 6.45) is 0. The van der Waals surface area contributed by atoms with Gasteiger partial charge in [-0.3, -0.25) is 9.59 Å². The Hall–Kier alpha value is -2.15. The summed E-state index contributed by atoms with van der Waals surface area (Å²) >= 11 is 3.10. The fourth-order valence-corrected chi connectivity index (χ4v) is 1.89. The second-order valence-corrected chi connectivity index (χ2v) is 4.90. The molecule has 0 aliphatic heterocycles. The lowest BCUT2D eigenvalue weighted by molar-refractivity contribution is 0.0909. The van der Waals surface area contributed by atoms with E-state index in [1.807, 2.05) is 0 Å². The predicted molar refractivity (Wildman–Crippen MR) is 77.5 cm³/mol. The number of nitrogens with one attached hydrogen (secondary N) is 2. The molecular formula is C14H12BrFN2O3. The van der Waals surface area contributed by atoms with Gasteiger partial charge in [0.2, 0.25) is 0 Å². The van der Waals surface area contributed by atoms with Crippen LogP contribution < -0.4 is 10.6 Å². The van der Waals surface area contributed by atoms with Gasteiger partial charge in [0.05, 0.1) is 0 Å². The molecule has 2 N–H and O–H groups in total. The Morgan fingerprint density at radius 2 is 1.62 bits per heavy atom. The smallest absolute Gasteiger partial charge is 0.287 e. The third kappa shape index (κ3) is 4.42. The van der Waals surface area contributed by atoms with E-state index in [2.05, 4.69) is 26.6 Å². The van der Waals surface area contributed by atoms with E-state index in [9.17, 15) is 14.0 Å². The molecule has 1 heterocycles. The molecule has 2 amide bonds. The van der Waals surface area contributed by atoms with Crippen molar-refractivity contribution < 1.29 is 18.4 Å². The minimum atomic E-state index is -0.400. The zero-order valence-corrected chi connectivity index (χ0v) is 12.4. The molecule has 5 nitrogen and oxygen atoms in total. The van der Waals surface area contributed by atoms with E-state index in [-0.39, 0.29) is 30.7 Å². The molecule has 2 rings (SSSR count). The predicted octanol–water partition coefficient (Wildman–Crippen LogP) is 2.34. The quantitative estimate of drug-likeness (QED) is 0.809. The first kappa shape index (κ1) is 15.2. The number of amides is 2. The molecule has 0 aliphatic carbocycles. The lowest BCUT2D eigenvalue weighted by Crippen LogP contribution is -2.34. The summed E-state index contributed by atoms with van der Waals surface area (Å²) in [6, 6.07) is 8.37. The Morgan fingerprint density at radius 1 is 1.00 bits per heavy atom. The van der Waals surface area contributed by atoms with Crippen LogP contribution in [-0.2, 0) is 0 Å². The number of carbonyl (C=O) groups is 2. The molecule has 21 heavy (non-hydrogen) atoms. The van der Waals surface area contributed by atoms with E-state index in [4.69, 9.17) is 4.42 Å². The van der Waals surface area contributed by atoms with Crippen molar-refractivity contribution in [3.05, 3.63) is 58.2 Å². The monoisotopic (exact) mass is 354 g/mol. The van der Waals surface area contributed by atoms with Gasteiger partial charge in [-0.2, -0.15) is 0 Å². The average molecular weight is 355 g/mol. The van der Waals surface area contributed by atoms with Gasteiger partial charge >= 0.3 is 0 Å². The van der Waals surface area contributed by atoms with E-state index < -0.39 is 5.82 Å². The minimum absolute atomic E-state index is 0.187. The Bertz CT molecular complexity index is 640. The van der Waals surface area contributed by atoms with Crippen LogP contribution in [-0.4, -0.2) is 24.9 Å². The van der Waals surface area contributed by atoms with Crippen LogP contribution in [0.15, 0.2) is 45.5 Å². The topological polar surface area (TPSA) is 71.3 Å². The van der Waals surface area contributed by atoms with E-state index >= 15 is 0 Å². The van der Waals surface area contributed by atoms with Gasteiger partial charge in [0.25, 0.3) is 11.8 Å². The number of hydrogen-bond donors (Lipinski definition) is 2. The van der Waals surface area contributed by atoms with Gasteiger partial charge in [0.1, 0.15) is 5.82 Å². The van der Waals surface area contributed by atoms with Crippen molar-refractivity contribution >= 4 is 27.7 Å². The number of furan rings is 1. The van der Waals surface area contributed by atoms with Crippen LogP contribution in [0.4, 0.5) is 4.39 Å². The number of carbonyl (C=O) groups excluding carboxylic acids is 2. The summed E-state index contributed by atoms with van der Waals surface area (Å²) in [7, 11) is 0. The average Bonchev–Trinajstić information content (AvgIpc) is 2.90. The van der Waals surface area contributed by atoms with Crippen LogP contribution in [0.1, 0.15) is 20.9 Å². The highest BCUT2D eigenvalue weighted by molar-refractivity contribution is 9.10. The summed E-state index contributed by atoms with van der Waals surface area (Å²) in [6.45, 7) is 0.508. The maximum absolute atomic E-state index is 12.7. The Labute approximate surface area is 128 Å². The maximum atomic E-state index is 12.7. The van der Waals surface area contributed by atoms with E-state index in [1.165, 1.54) is 30.3 Å². The van der Waals surface area contributed by atoms with Crippen LogP contribution in [0.5, 0.6) is 0 Å². The molecule has 1 aromatic carbocycles. The normalized spacial score (nSPS) is 10.2. The first-order chi connectivity index (χ1) is 10.1. The van der Waals surface area contributed by atoms with Gasteiger partial charge in [-0.1, -0.05) is 0 Å². The molecule has 0 aliphatic rings. The number of rotatable bonds is 5. The highest BCUT2D eigenvalue weighted by atomic mass is 79.9. The fraction of sp³-hybridized carbons (Fsp3) is 0.143. The summed E-state index contributed by atoms with van der Waals surface area (Å²) in [5.41, 5.74) is 0.359. The van der Waals surface area contributed by atoms with Crippen molar-refractivity contribution in [2.24, 2.45) is 0 Å². The standard InChI is InChI=1S/C14H12BrFN2O3/c15-12-6-5-11(21-12)14(20)18-8-7-17-13(19)9-1-3-10(16)4-2-9/h1-6H,7-8H2,(H,17,19)(H,18,20). The Morgan fingerprint density at radius 3 is 2.19 bits per heavy atom. The first-order valence-electron chi connectivity index (χ1n) is 6.13. The zero-order chi connectivity index (χ0) is 15.2. The SMILES string of the molecule is O=C(NCCNC(=O)c1ccc(Br)o1)c1ccc(F)cc1. The fourth-order valence-electron chi connectivity index (χ4n) is 1.58. The molecule has 1 aromatic heterocycles. The molecular weight excluding hydrogens is 343 g/mol. The van der Waals surface area contributed by atoms with Crippen LogP contribution >= 0.6 is 15.9 Å². The second kappa shape index (κ2) is 7.03. The lowest BCUT2D eigenvalue weighted by Gasteiger charge is -2.06. The minimum Gasteiger partial charge on any atom is -0.444 e. The molecule has 110 valence electrons. The van der Waals surface area contributed by atoms with Crippen LogP contribution in [0.2, 0.25) is 0 Å². The van der Waals surface area contributed by atoms with Crippen molar-refractivity contribution in [2.75, 3.05) is 13.1 Å². The maximum Gasteiger partial charge on any atom is 0.287 e. The second-order valence-electron chi connectivity index (χ2n) is 4.12. The van der Waals surface area contributed by atoms with Gasteiger partial charge in [-0.15, -0.1) is 0 Å². The van der Waals surface area contributed by atoms with E-state index in [0.29, 0.717) is 10.2 Å². The highest BCUT2D eigenvalue weighted by Crippen LogP contribution is 2.13. The summed E-state index contributed by atoms with van der Waals surface area (Å²) in [4.78, 5) is 23.3. The van der Waals surface area contributed by atoms with Crippen molar-refractivity contribution in [3.8, 4) is 0 Å². The molecule has 0 unspecified atom stereocenters. The molecule has 0 atom stereocenters. The molecule has 0 saturated carbocycles. The van der Waals surface area contributed by atoms with Gasteiger partial charge in [0, 0.05) is 18.7 Å². The van der Waals surface area contributed by atoms with Crippen LogP contribution in [0.3, 0.4) is 0 Å². The molecule has 0 bridgehead atoms. The molecule has 0 radical (unpaired) electrons. The third-order valence-electron chi connectivity index (χ3n) is 2.60. The summed E-state index contributed by atoms with van der Waals surface area (Å²) < 4.78 is 18.3. The van der Waals surface area contributed by atoms with Crippen molar-refractivity contribution in [1.82, 2.24) is 10.6 Å². The van der Waals surface area contributed by atoms with Crippen LogP contribution in [0, 0.1) is 5.82 Å². The highest BCUT2D eigenvalue weighted by Gasteiger charge is 2.10. The van der Waals surface area contributed by atoms with Crippen molar-refractivity contribution in [2.45, 2.75) is 0 Å². The molecule has 2 aromatic rings. The van der Waals surface area contributed by atoms with Crippen molar-refractivity contribution in [1.29, 1.82) is 0 Å². The van der Waals surface area contributed by atoms with Gasteiger partial charge in [-0.25, -0.2) is 4.39 Å². The van der Waals surface area contributed by atoms with E-state index in [0.717, 1.165) is 0 Å². The Balaban J connectivity index is 1.73. The molecule has 0 fully saturated rings. The van der Waals surface area contributed by atoms with Gasteiger partial charge in [0.15, 0.2) is 10.4 Å². The Kier molecular flexibility index (Phi) is 5.10. The first-order valence-corrected chi connectivity index (χ1v) is 6.93. The molecule has 0 spiro atoms. The van der Waals surface area contributed by atoms with Crippen LogP contribution in [0.25, 0.3) is 0 Å². The molecule has 0 saturated heterocycles. The number of benzene rings is 1. The third-order valence-corrected chi connectivity index (χ3v) is 3.03.